The molecule has 0 radical (unpaired) electrons. The fourth-order valence-corrected chi connectivity index (χ4v) is 3.77. The van der Waals surface area contributed by atoms with Crippen molar-refractivity contribution in [2.45, 2.75) is 44.4 Å². The van der Waals surface area contributed by atoms with Gasteiger partial charge in [-0.2, -0.15) is 0 Å². The van der Waals surface area contributed by atoms with E-state index < -0.39 is 23.8 Å². The van der Waals surface area contributed by atoms with Crippen LogP contribution in [0.25, 0.3) is 0 Å². The van der Waals surface area contributed by atoms with E-state index in [1.54, 1.807) is 0 Å². The number of hydrogen-bond acceptors (Lipinski definition) is 3. The molecule has 4 atom stereocenters. The monoisotopic (exact) mass is 360 g/mol. The molecular weight excluding hydrogens is 334 g/mol. The minimum atomic E-state index is -0.803. The maximum atomic E-state index is 13.3. The number of halogens is 2. The first-order chi connectivity index (χ1) is 12.4. The van der Waals surface area contributed by atoms with Gasteiger partial charge < -0.3 is 16.2 Å². The van der Waals surface area contributed by atoms with Gasteiger partial charge in [-0.15, -0.1) is 0 Å². The summed E-state index contributed by atoms with van der Waals surface area (Å²) < 4.78 is 26.6. The average Bonchev–Trinajstić information content (AvgIpc) is 2.59. The molecule has 26 heavy (non-hydrogen) atoms. The van der Waals surface area contributed by atoms with Gasteiger partial charge in [-0.25, -0.2) is 8.78 Å². The van der Waals surface area contributed by atoms with Crippen LogP contribution in [0.1, 0.15) is 36.1 Å². The first-order valence-corrected chi connectivity index (χ1v) is 9.14. The minimum Gasteiger partial charge on any atom is -0.390 e. The van der Waals surface area contributed by atoms with E-state index >= 15 is 0 Å². The molecule has 3 nitrogen and oxygen atoms in total. The summed E-state index contributed by atoms with van der Waals surface area (Å²) in [5.74, 6) is -0.800. The van der Waals surface area contributed by atoms with Crippen molar-refractivity contribution in [1.82, 2.24) is 5.32 Å². The first kappa shape index (κ1) is 19.0. The minimum absolute atomic E-state index is 0.174. The Kier molecular flexibility index (Phi) is 6.01. The lowest BCUT2D eigenvalue weighted by atomic mass is 9.80. The summed E-state index contributed by atoms with van der Waals surface area (Å²) in [6.07, 6.45) is 1.58. The fraction of sp³-hybridized carbons (Fsp3) is 0.429. The van der Waals surface area contributed by atoms with Crippen LogP contribution in [0.3, 0.4) is 0 Å². The summed E-state index contributed by atoms with van der Waals surface area (Å²) in [4.78, 5) is 0. The van der Waals surface area contributed by atoms with Gasteiger partial charge in [0.05, 0.1) is 6.10 Å². The van der Waals surface area contributed by atoms with Crippen LogP contribution >= 0.6 is 0 Å². The van der Waals surface area contributed by atoms with Crippen LogP contribution in [0.5, 0.6) is 0 Å². The van der Waals surface area contributed by atoms with Crippen LogP contribution in [0, 0.1) is 17.6 Å². The number of fused-ring (bicyclic) bond motifs is 1. The molecule has 3 unspecified atom stereocenters. The van der Waals surface area contributed by atoms with Crippen LogP contribution in [-0.2, 0) is 12.8 Å². The van der Waals surface area contributed by atoms with Crippen molar-refractivity contribution in [2.24, 2.45) is 11.7 Å². The highest BCUT2D eigenvalue weighted by Gasteiger charge is 2.27. The van der Waals surface area contributed by atoms with Crippen LogP contribution in [0.4, 0.5) is 8.78 Å². The van der Waals surface area contributed by atoms with E-state index in [0.717, 1.165) is 18.9 Å². The molecule has 2 aromatic rings. The molecule has 0 fully saturated rings. The van der Waals surface area contributed by atoms with E-state index in [1.165, 1.54) is 23.3 Å². The SMILES string of the molecule is CC1CCc2ccccc2C1NC[C@@H](O)C(N)Cc1cc(F)cc(F)c1. The molecule has 2 aromatic carbocycles. The fourth-order valence-electron chi connectivity index (χ4n) is 3.77. The molecule has 0 amide bonds. The van der Waals surface area contributed by atoms with E-state index in [1.807, 2.05) is 6.07 Å². The molecule has 1 aliphatic carbocycles. The maximum absolute atomic E-state index is 13.3. The van der Waals surface area contributed by atoms with E-state index in [2.05, 4.69) is 30.4 Å². The van der Waals surface area contributed by atoms with Crippen molar-refractivity contribution in [2.75, 3.05) is 6.54 Å². The largest absolute Gasteiger partial charge is 0.390 e. The molecule has 140 valence electrons. The predicted octanol–water partition coefficient (Wildman–Crippen LogP) is 3.11. The summed E-state index contributed by atoms with van der Waals surface area (Å²) in [5, 5.41) is 13.8. The smallest absolute Gasteiger partial charge is 0.126 e. The zero-order valence-corrected chi connectivity index (χ0v) is 15.0. The number of hydrogen-bond donors (Lipinski definition) is 3. The molecule has 0 spiro atoms. The summed E-state index contributed by atoms with van der Waals surface area (Å²) in [6.45, 7) is 2.54. The van der Waals surface area contributed by atoms with Gasteiger partial charge in [-0.05, 0) is 54.0 Å². The Morgan fingerprint density at radius 1 is 1.19 bits per heavy atom. The molecule has 3 rings (SSSR count). The Bertz CT molecular complexity index is 732. The highest BCUT2D eigenvalue weighted by molar-refractivity contribution is 5.32. The van der Waals surface area contributed by atoms with Gasteiger partial charge in [-0.1, -0.05) is 31.2 Å². The van der Waals surface area contributed by atoms with E-state index in [4.69, 9.17) is 5.73 Å². The number of nitrogens with two attached hydrogens (primary N) is 1. The third-order valence-electron chi connectivity index (χ3n) is 5.26. The molecular formula is C21H26F2N2O. The van der Waals surface area contributed by atoms with Crippen molar-refractivity contribution in [3.63, 3.8) is 0 Å². The number of rotatable bonds is 6. The number of aryl methyl sites for hydroxylation is 1. The Morgan fingerprint density at radius 2 is 1.88 bits per heavy atom. The molecule has 0 heterocycles. The first-order valence-electron chi connectivity index (χ1n) is 9.14. The molecule has 0 bridgehead atoms. The van der Waals surface area contributed by atoms with Crippen molar-refractivity contribution in [3.05, 3.63) is 70.8 Å². The number of nitrogens with one attached hydrogen (secondary N) is 1. The van der Waals surface area contributed by atoms with E-state index in [-0.39, 0.29) is 12.5 Å². The van der Waals surface area contributed by atoms with Crippen molar-refractivity contribution in [1.29, 1.82) is 0 Å². The standard InChI is InChI=1S/C21H26F2N2O/c1-13-6-7-15-4-2-3-5-18(15)21(13)25-12-20(26)19(24)10-14-8-16(22)11-17(23)9-14/h2-5,8-9,11,13,19-21,25-26H,6-7,10,12,24H2,1H3/t13?,19?,20-,21?/m1/s1. The summed E-state index contributed by atoms with van der Waals surface area (Å²) in [5.41, 5.74) is 9.13. The second-order valence-corrected chi connectivity index (χ2v) is 7.31. The second-order valence-electron chi connectivity index (χ2n) is 7.31. The van der Waals surface area contributed by atoms with E-state index in [9.17, 15) is 13.9 Å². The van der Waals surface area contributed by atoms with Crippen LogP contribution < -0.4 is 11.1 Å². The third-order valence-corrected chi connectivity index (χ3v) is 5.26. The number of aliphatic hydroxyl groups excluding tert-OH is 1. The lowest BCUT2D eigenvalue weighted by Gasteiger charge is -2.33. The van der Waals surface area contributed by atoms with Crippen molar-refractivity contribution in [3.8, 4) is 0 Å². The quantitative estimate of drug-likeness (QED) is 0.742. The Hall–Kier alpha value is -1.82. The molecule has 1 aliphatic rings. The van der Waals surface area contributed by atoms with Gasteiger partial charge in [-0.3, -0.25) is 0 Å². The molecule has 0 saturated heterocycles. The maximum Gasteiger partial charge on any atom is 0.126 e. The van der Waals surface area contributed by atoms with Crippen molar-refractivity contribution >= 4 is 0 Å². The average molecular weight is 360 g/mol. The Morgan fingerprint density at radius 3 is 2.62 bits per heavy atom. The topological polar surface area (TPSA) is 58.3 Å². The van der Waals surface area contributed by atoms with Crippen LogP contribution in [-0.4, -0.2) is 23.8 Å². The molecule has 0 saturated carbocycles. The molecule has 0 aromatic heterocycles. The zero-order valence-electron chi connectivity index (χ0n) is 15.0. The number of benzene rings is 2. The van der Waals surface area contributed by atoms with Gasteiger partial charge in [0, 0.05) is 24.7 Å². The highest BCUT2D eigenvalue weighted by atomic mass is 19.1. The summed E-state index contributed by atoms with van der Waals surface area (Å²) in [7, 11) is 0. The van der Waals surface area contributed by atoms with Gasteiger partial charge in [0.1, 0.15) is 11.6 Å². The lowest BCUT2D eigenvalue weighted by Crippen LogP contribution is -2.45. The van der Waals surface area contributed by atoms with E-state index in [0.29, 0.717) is 18.0 Å². The lowest BCUT2D eigenvalue weighted by molar-refractivity contribution is 0.132. The second kappa shape index (κ2) is 8.25. The predicted molar refractivity (Wildman–Crippen MR) is 98.7 cm³/mol. The summed E-state index contributed by atoms with van der Waals surface area (Å²) >= 11 is 0. The Labute approximate surface area is 153 Å². The zero-order chi connectivity index (χ0) is 18.7. The molecule has 4 N–H and O–H groups in total. The van der Waals surface area contributed by atoms with Gasteiger partial charge in [0.15, 0.2) is 0 Å². The van der Waals surface area contributed by atoms with Gasteiger partial charge >= 0.3 is 0 Å². The van der Waals surface area contributed by atoms with Crippen molar-refractivity contribution < 1.29 is 13.9 Å². The third kappa shape index (κ3) is 4.47. The number of aliphatic hydroxyl groups is 1. The van der Waals surface area contributed by atoms with Gasteiger partial charge in [0.2, 0.25) is 0 Å². The normalized spacial score (nSPS) is 21.9. The van der Waals surface area contributed by atoms with Crippen LogP contribution in [0.2, 0.25) is 0 Å². The Balaban J connectivity index is 1.60. The highest BCUT2D eigenvalue weighted by Crippen LogP contribution is 2.33. The van der Waals surface area contributed by atoms with Crippen LogP contribution in [0.15, 0.2) is 42.5 Å². The molecule has 0 aliphatic heterocycles. The van der Waals surface area contributed by atoms with Gasteiger partial charge in [0.25, 0.3) is 0 Å². The summed E-state index contributed by atoms with van der Waals surface area (Å²) in [6, 6.07) is 11.3. The molecule has 5 heteroatoms.